The minimum absolute atomic E-state index is 0.0986. The Morgan fingerprint density at radius 1 is 1.23 bits per heavy atom. The summed E-state index contributed by atoms with van der Waals surface area (Å²) >= 11 is 6.26. The normalized spacial score (nSPS) is 17.4. The van der Waals surface area contributed by atoms with Crippen LogP contribution in [0.4, 0.5) is 5.69 Å². The highest BCUT2D eigenvalue weighted by Crippen LogP contribution is 2.34. The molecular formula is C21H22ClN3O. The van der Waals surface area contributed by atoms with Crippen LogP contribution in [0.1, 0.15) is 37.1 Å². The number of aryl methyl sites for hydroxylation is 2. The number of nitrogens with zero attached hydrogens (tertiary/aromatic N) is 3. The zero-order valence-corrected chi connectivity index (χ0v) is 15.8. The number of para-hydroxylation sites is 2. The number of fused-ring (bicyclic) bond motifs is 1. The quantitative estimate of drug-likeness (QED) is 0.655. The van der Waals surface area contributed by atoms with Crippen molar-refractivity contribution in [2.75, 3.05) is 11.4 Å². The number of benzene rings is 2. The zero-order valence-electron chi connectivity index (χ0n) is 15.1. The highest BCUT2D eigenvalue weighted by atomic mass is 35.5. The van der Waals surface area contributed by atoms with Crippen molar-refractivity contribution < 1.29 is 4.79 Å². The summed E-state index contributed by atoms with van der Waals surface area (Å²) in [6.07, 6.45) is 1.52. The first kappa shape index (κ1) is 17.1. The molecule has 26 heavy (non-hydrogen) atoms. The van der Waals surface area contributed by atoms with E-state index in [9.17, 15) is 4.79 Å². The molecule has 0 N–H and O–H groups in total. The third-order valence-corrected chi connectivity index (χ3v) is 5.50. The van der Waals surface area contributed by atoms with Crippen LogP contribution in [0.2, 0.25) is 5.02 Å². The minimum atomic E-state index is 0.0986. The summed E-state index contributed by atoms with van der Waals surface area (Å²) in [6.45, 7) is 5.69. The van der Waals surface area contributed by atoms with Crippen LogP contribution in [-0.4, -0.2) is 22.0 Å². The van der Waals surface area contributed by atoms with E-state index in [1.165, 1.54) is 0 Å². The molecule has 1 aliphatic rings. The van der Waals surface area contributed by atoms with Gasteiger partial charge >= 0.3 is 0 Å². The van der Waals surface area contributed by atoms with Crippen LogP contribution in [0, 0.1) is 6.92 Å². The van der Waals surface area contributed by atoms with Crippen LogP contribution in [0.15, 0.2) is 42.5 Å². The third kappa shape index (κ3) is 2.88. The van der Waals surface area contributed by atoms with Gasteiger partial charge in [-0.2, -0.15) is 0 Å². The Morgan fingerprint density at radius 3 is 2.81 bits per heavy atom. The maximum absolute atomic E-state index is 12.7. The molecular weight excluding hydrogens is 346 g/mol. The number of hydrogen-bond acceptors (Lipinski definition) is 2. The molecule has 2 aromatic carbocycles. The molecule has 1 fully saturated rings. The van der Waals surface area contributed by atoms with Gasteiger partial charge in [-0.15, -0.1) is 0 Å². The second kappa shape index (κ2) is 6.76. The molecule has 0 saturated carbocycles. The number of carbonyl (C=O) groups excluding carboxylic acids is 1. The Morgan fingerprint density at radius 2 is 2.04 bits per heavy atom. The van der Waals surface area contributed by atoms with Gasteiger partial charge in [-0.3, -0.25) is 4.79 Å². The third-order valence-electron chi connectivity index (χ3n) is 5.09. The fraction of sp³-hybridized carbons (Fsp3) is 0.333. The molecule has 0 unspecified atom stereocenters. The summed E-state index contributed by atoms with van der Waals surface area (Å²) in [7, 11) is 0. The standard InChI is InChI=1S/C21H22ClN3O/c1-3-10-24-19-7-5-4-6-18(19)23-21(24)15-11-20(26)25(13-15)16-9-8-14(2)17(22)12-16/h4-9,12,15H,3,10-11,13H2,1-2H3/t15-/m0/s1. The van der Waals surface area contributed by atoms with E-state index in [1.54, 1.807) is 0 Å². The molecule has 1 atom stereocenters. The average molecular weight is 368 g/mol. The van der Waals surface area contributed by atoms with Crippen molar-refractivity contribution >= 4 is 34.2 Å². The maximum atomic E-state index is 12.7. The topological polar surface area (TPSA) is 38.1 Å². The van der Waals surface area contributed by atoms with Gasteiger partial charge in [0.1, 0.15) is 5.82 Å². The zero-order chi connectivity index (χ0) is 18.3. The SMILES string of the molecule is CCCn1c([C@H]2CC(=O)N(c3ccc(C)c(Cl)c3)C2)nc2ccccc21. The first-order chi connectivity index (χ1) is 12.6. The number of aromatic nitrogens is 2. The molecule has 4 nitrogen and oxygen atoms in total. The summed E-state index contributed by atoms with van der Waals surface area (Å²) in [5.74, 6) is 1.24. The van der Waals surface area contributed by atoms with Crippen molar-refractivity contribution in [1.29, 1.82) is 0 Å². The Kier molecular flexibility index (Phi) is 4.45. The predicted octanol–water partition coefficient (Wildman–Crippen LogP) is 4.93. The van der Waals surface area contributed by atoms with Crippen molar-refractivity contribution in [3.63, 3.8) is 0 Å². The van der Waals surface area contributed by atoms with Gasteiger partial charge < -0.3 is 9.47 Å². The number of anilines is 1. The molecule has 1 saturated heterocycles. The van der Waals surface area contributed by atoms with Gasteiger partial charge in [0, 0.05) is 36.1 Å². The molecule has 3 aromatic rings. The van der Waals surface area contributed by atoms with Crippen LogP contribution in [-0.2, 0) is 11.3 Å². The van der Waals surface area contributed by atoms with Crippen LogP contribution >= 0.6 is 11.6 Å². The number of rotatable bonds is 4. The highest BCUT2D eigenvalue weighted by molar-refractivity contribution is 6.31. The summed E-state index contributed by atoms with van der Waals surface area (Å²) in [5.41, 5.74) is 4.03. The highest BCUT2D eigenvalue weighted by Gasteiger charge is 2.34. The van der Waals surface area contributed by atoms with Gasteiger partial charge in [-0.1, -0.05) is 36.7 Å². The fourth-order valence-electron chi connectivity index (χ4n) is 3.74. The molecule has 5 heteroatoms. The number of hydrogen-bond donors (Lipinski definition) is 0. The molecule has 0 aliphatic carbocycles. The lowest BCUT2D eigenvalue weighted by molar-refractivity contribution is -0.117. The molecule has 1 amide bonds. The predicted molar refractivity (Wildman–Crippen MR) is 106 cm³/mol. The molecule has 1 aromatic heterocycles. The average Bonchev–Trinajstić information content (AvgIpc) is 3.19. The van der Waals surface area contributed by atoms with E-state index >= 15 is 0 Å². The second-order valence-corrected chi connectivity index (χ2v) is 7.36. The van der Waals surface area contributed by atoms with Gasteiger partial charge in [0.25, 0.3) is 0 Å². The number of halogens is 1. The molecule has 2 heterocycles. The molecule has 1 aliphatic heterocycles. The van der Waals surface area contributed by atoms with E-state index < -0.39 is 0 Å². The van der Waals surface area contributed by atoms with Crippen LogP contribution in [0.5, 0.6) is 0 Å². The van der Waals surface area contributed by atoms with Gasteiger partial charge in [0.2, 0.25) is 5.91 Å². The molecule has 0 spiro atoms. The van der Waals surface area contributed by atoms with E-state index in [1.807, 2.05) is 48.2 Å². The van der Waals surface area contributed by atoms with E-state index in [4.69, 9.17) is 16.6 Å². The molecule has 4 rings (SSSR count). The Hall–Kier alpha value is -2.33. The lowest BCUT2D eigenvalue weighted by Gasteiger charge is -2.18. The Balaban J connectivity index is 1.69. The van der Waals surface area contributed by atoms with E-state index in [0.29, 0.717) is 18.0 Å². The summed E-state index contributed by atoms with van der Waals surface area (Å²) in [6, 6.07) is 14.0. The molecule has 134 valence electrons. The monoisotopic (exact) mass is 367 g/mol. The van der Waals surface area contributed by atoms with Crippen molar-refractivity contribution in [2.24, 2.45) is 0 Å². The first-order valence-electron chi connectivity index (χ1n) is 9.10. The smallest absolute Gasteiger partial charge is 0.227 e. The molecule has 0 radical (unpaired) electrons. The minimum Gasteiger partial charge on any atom is -0.328 e. The summed E-state index contributed by atoms with van der Waals surface area (Å²) < 4.78 is 2.28. The molecule has 0 bridgehead atoms. The number of imidazole rings is 1. The van der Waals surface area contributed by atoms with E-state index in [0.717, 1.165) is 41.1 Å². The Bertz CT molecular complexity index is 979. The summed E-state index contributed by atoms with van der Waals surface area (Å²) in [4.78, 5) is 19.4. The lowest BCUT2D eigenvalue weighted by Crippen LogP contribution is -2.24. The van der Waals surface area contributed by atoms with Gasteiger partial charge in [0.15, 0.2) is 0 Å². The number of amides is 1. The van der Waals surface area contributed by atoms with Crippen molar-refractivity contribution in [3.8, 4) is 0 Å². The van der Waals surface area contributed by atoms with Crippen molar-refractivity contribution in [3.05, 3.63) is 58.9 Å². The second-order valence-electron chi connectivity index (χ2n) is 6.95. The van der Waals surface area contributed by atoms with Gasteiger partial charge in [-0.25, -0.2) is 4.98 Å². The largest absolute Gasteiger partial charge is 0.328 e. The summed E-state index contributed by atoms with van der Waals surface area (Å²) in [5, 5.41) is 0.692. The lowest BCUT2D eigenvalue weighted by atomic mass is 10.1. The van der Waals surface area contributed by atoms with Crippen LogP contribution in [0.3, 0.4) is 0 Å². The Labute approximate surface area is 158 Å². The van der Waals surface area contributed by atoms with Gasteiger partial charge in [0.05, 0.1) is 11.0 Å². The number of carbonyl (C=O) groups is 1. The fourth-order valence-corrected chi connectivity index (χ4v) is 3.92. The van der Waals surface area contributed by atoms with E-state index in [-0.39, 0.29) is 11.8 Å². The van der Waals surface area contributed by atoms with Crippen molar-refractivity contribution in [1.82, 2.24) is 9.55 Å². The first-order valence-corrected chi connectivity index (χ1v) is 9.48. The van der Waals surface area contributed by atoms with E-state index in [2.05, 4.69) is 17.6 Å². The van der Waals surface area contributed by atoms with Gasteiger partial charge in [-0.05, 0) is 43.2 Å². The van der Waals surface area contributed by atoms with Crippen LogP contribution in [0.25, 0.3) is 11.0 Å². The van der Waals surface area contributed by atoms with Crippen LogP contribution < -0.4 is 4.90 Å². The van der Waals surface area contributed by atoms with Crippen molar-refractivity contribution in [2.45, 2.75) is 39.2 Å². The maximum Gasteiger partial charge on any atom is 0.227 e.